The highest BCUT2D eigenvalue weighted by Gasteiger charge is 2.49. The Balaban J connectivity index is 1.74. The van der Waals surface area contributed by atoms with Gasteiger partial charge in [-0.2, -0.15) is 0 Å². The summed E-state index contributed by atoms with van der Waals surface area (Å²) in [5, 5.41) is 2.80. The van der Waals surface area contributed by atoms with Crippen LogP contribution in [0.1, 0.15) is 50.7 Å². The first kappa shape index (κ1) is 20.0. The van der Waals surface area contributed by atoms with E-state index in [1.54, 1.807) is 0 Å². The Kier molecular flexibility index (Phi) is 5.82. The SMILES string of the molecule is CCc1cccc(C)c1NC(=O)CN1C(=O)C(=O)N([C@H]2CCCC[C@H]2C)C1=O. The number of amides is 5. The van der Waals surface area contributed by atoms with Gasteiger partial charge in [0.05, 0.1) is 0 Å². The molecule has 0 radical (unpaired) electrons. The van der Waals surface area contributed by atoms with Gasteiger partial charge in [-0.1, -0.05) is 44.9 Å². The molecular formula is C21H27N3O4. The third-order valence-electron chi connectivity index (χ3n) is 5.79. The van der Waals surface area contributed by atoms with Gasteiger partial charge in [0.15, 0.2) is 0 Å². The van der Waals surface area contributed by atoms with Crippen molar-refractivity contribution in [2.24, 2.45) is 5.92 Å². The second-order valence-electron chi connectivity index (χ2n) is 7.69. The van der Waals surface area contributed by atoms with Crippen LogP contribution < -0.4 is 5.32 Å². The summed E-state index contributed by atoms with van der Waals surface area (Å²) in [6, 6.07) is 4.78. The molecule has 0 spiro atoms. The summed E-state index contributed by atoms with van der Waals surface area (Å²) in [6.45, 7) is 5.41. The van der Waals surface area contributed by atoms with Crippen LogP contribution in [0.4, 0.5) is 10.5 Å². The zero-order chi connectivity index (χ0) is 20.4. The summed E-state index contributed by atoms with van der Waals surface area (Å²) in [6.07, 6.45) is 4.35. The van der Waals surface area contributed by atoms with Gasteiger partial charge in [0.2, 0.25) is 5.91 Å². The maximum atomic E-state index is 12.8. The van der Waals surface area contributed by atoms with E-state index in [2.05, 4.69) is 5.32 Å². The number of aryl methyl sites for hydroxylation is 2. The van der Waals surface area contributed by atoms with Crippen molar-refractivity contribution in [1.82, 2.24) is 9.80 Å². The molecule has 0 bridgehead atoms. The monoisotopic (exact) mass is 385 g/mol. The molecule has 1 saturated carbocycles. The number of hydrogen-bond donors (Lipinski definition) is 1. The van der Waals surface area contributed by atoms with Gasteiger partial charge >= 0.3 is 17.8 Å². The highest BCUT2D eigenvalue weighted by atomic mass is 16.2. The minimum absolute atomic E-state index is 0.155. The van der Waals surface area contributed by atoms with E-state index in [1.807, 2.05) is 39.0 Å². The lowest BCUT2D eigenvalue weighted by Crippen LogP contribution is -2.46. The molecule has 0 aromatic heterocycles. The van der Waals surface area contributed by atoms with Crippen molar-refractivity contribution in [3.05, 3.63) is 29.3 Å². The predicted octanol–water partition coefficient (Wildman–Crippen LogP) is 2.87. The Morgan fingerprint density at radius 1 is 1.14 bits per heavy atom. The Labute approximate surface area is 165 Å². The average Bonchev–Trinajstić information content (AvgIpc) is 2.87. The third kappa shape index (κ3) is 3.66. The van der Waals surface area contributed by atoms with E-state index >= 15 is 0 Å². The van der Waals surface area contributed by atoms with Crippen molar-refractivity contribution in [1.29, 1.82) is 0 Å². The highest BCUT2D eigenvalue weighted by molar-refractivity contribution is 6.45. The molecule has 1 N–H and O–H groups in total. The minimum atomic E-state index is -0.918. The number of para-hydroxylation sites is 1. The van der Waals surface area contributed by atoms with E-state index in [4.69, 9.17) is 0 Å². The maximum Gasteiger partial charge on any atom is 0.334 e. The van der Waals surface area contributed by atoms with Crippen LogP contribution in [-0.4, -0.2) is 46.1 Å². The molecule has 2 fully saturated rings. The van der Waals surface area contributed by atoms with Crippen molar-refractivity contribution in [3.63, 3.8) is 0 Å². The van der Waals surface area contributed by atoms with Gasteiger partial charge in [-0.05, 0) is 43.2 Å². The molecule has 7 nitrogen and oxygen atoms in total. The molecule has 28 heavy (non-hydrogen) atoms. The molecule has 1 aromatic rings. The first-order valence-electron chi connectivity index (χ1n) is 9.92. The molecule has 3 rings (SSSR count). The lowest BCUT2D eigenvalue weighted by molar-refractivity contribution is -0.145. The third-order valence-corrected chi connectivity index (χ3v) is 5.79. The van der Waals surface area contributed by atoms with E-state index < -0.39 is 30.3 Å². The first-order valence-corrected chi connectivity index (χ1v) is 9.92. The van der Waals surface area contributed by atoms with Crippen LogP contribution in [0.5, 0.6) is 0 Å². The zero-order valence-corrected chi connectivity index (χ0v) is 16.7. The van der Waals surface area contributed by atoms with Crippen molar-refractivity contribution >= 4 is 29.4 Å². The fourth-order valence-electron chi connectivity index (χ4n) is 4.16. The molecule has 1 aromatic carbocycles. The van der Waals surface area contributed by atoms with Crippen molar-refractivity contribution in [3.8, 4) is 0 Å². The number of hydrogen-bond acceptors (Lipinski definition) is 4. The second kappa shape index (κ2) is 8.12. The highest BCUT2D eigenvalue weighted by Crippen LogP contribution is 2.31. The molecule has 1 heterocycles. The molecule has 1 saturated heterocycles. The number of nitrogens with zero attached hydrogens (tertiary/aromatic N) is 2. The van der Waals surface area contributed by atoms with Crippen LogP contribution >= 0.6 is 0 Å². The minimum Gasteiger partial charge on any atom is -0.324 e. The summed E-state index contributed by atoms with van der Waals surface area (Å²) in [5.41, 5.74) is 2.57. The van der Waals surface area contributed by atoms with Crippen LogP contribution in [0.15, 0.2) is 18.2 Å². The quantitative estimate of drug-likeness (QED) is 0.624. The number of urea groups is 1. The van der Waals surface area contributed by atoms with E-state index in [0.717, 1.165) is 46.6 Å². The zero-order valence-electron chi connectivity index (χ0n) is 16.7. The van der Waals surface area contributed by atoms with Gasteiger partial charge in [-0.25, -0.2) is 9.69 Å². The standard InChI is InChI=1S/C21H27N3O4/c1-4-15-10-7-9-14(3)18(15)22-17(25)12-23-19(26)20(27)24(21(23)28)16-11-6-5-8-13(16)2/h7,9-10,13,16H,4-6,8,11-12H2,1-3H3,(H,22,25)/t13-,16+/m1/s1. The average molecular weight is 385 g/mol. The summed E-state index contributed by atoms with van der Waals surface area (Å²) in [5.74, 6) is -2.07. The number of nitrogens with one attached hydrogen (secondary N) is 1. The lowest BCUT2D eigenvalue weighted by Gasteiger charge is -2.34. The smallest absolute Gasteiger partial charge is 0.324 e. The Hall–Kier alpha value is -2.70. The predicted molar refractivity (Wildman–Crippen MR) is 105 cm³/mol. The van der Waals surface area contributed by atoms with Gasteiger partial charge < -0.3 is 5.32 Å². The number of carbonyl (C=O) groups excluding carboxylic acids is 4. The van der Waals surface area contributed by atoms with Gasteiger partial charge in [0.25, 0.3) is 0 Å². The van der Waals surface area contributed by atoms with E-state index in [-0.39, 0.29) is 12.0 Å². The van der Waals surface area contributed by atoms with E-state index in [1.165, 1.54) is 0 Å². The molecule has 150 valence electrons. The number of rotatable bonds is 5. The van der Waals surface area contributed by atoms with Gasteiger partial charge in [0.1, 0.15) is 6.54 Å². The maximum absolute atomic E-state index is 12.8. The summed E-state index contributed by atoms with van der Waals surface area (Å²) >= 11 is 0. The Morgan fingerprint density at radius 2 is 1.86 bits per heavy atom. The number of imide groups is 2. The van der Waals surface area contributed by atoms with E-state index in [9.17, 15) is 19.2 Å². The fraction of sp³-hybridized carbons (Fsp3) is 0.524. The lowest BCUT2D eigenvalue weighted by atomic mass is 9.85. The number of anilines is 1. The van der Waals surface area contributed by atoms with Crippen LogP contribution in [0.25, 0.3) is 0 Å². The normalized spacial score (nSPS) is 22.8. The van der Waals surface area contributed by atoms with Crippen molar-refractivity contribution < 1.29 is 19.2 Å². The molecule has 1 aliphatic heterocycles. The molecule has 1 aliphatic carbocycles. The molecule has 2 atom stereocenters. The molecular weight excluding hydrogens is 358 g/mol. The molecule has 2 aliphatic rings. The summed E-state index contributed by atoms with van der Waals surface area (Å²) in [7, 11) is 0. The van der Waals surface area contributed by atoms with E-state index in [0.29, 0.717) is 12.1 Å². The van der Waals surface area contributed by atoms with Crippen LogP contribution in [0, 0.1) is 12.8 Å². The Morgan fingerprint density at radius 3 is 2.54 bits per heavy atom. The van der Waals surface area contributed by atoms with Gasteiger partial charge in [-0.3, -0.25) is 19.3 Å². The fourth-order valence-corrected chi connectivity index (χ4v) is 4.16. The second-order valence-corrected chi connectivity index (χ2v) is 7.69. The van der Waals surface area contributed by atoms with Crippen molar-refractivity contribution in [2.45, 2.75) is 58.9 Å². The topological polar surface area (TPSA) is 86.8 Å². The molecule has 5 amide bonds. The first-order chi connectivity index (χ1) is 13.3. The number of carbonyl (C=O) groups is 4. The largest absolute Gasteiger partial charge is 0.334 e. The summed E-state index contributed by atoms with van der Waals surface area (Å²) < 4.78 is 0. The van der Waals surface area contributed by atoms with Crippen LogP contribution in [0.2, 0.25) is 0 Å². The summed E-state index contributed by atoms with van der Waals surface area (Å²) in [4.78, 5) is 52.0. The molecule has 7 heteroatoms. The van der Waals surface area contributed by atoms with Crippen LogP contribution in [0.3, 0.4) is 0 Å². The molecule has 0 unspecified atom stereocenters. The Bertz CT molecular complexity index is 820. The van der Waals surface area contributed by atoms with Crippen LogP contribution in [-0.2, 0) is 20.8 Å². The number of benzene rings is 1. The van der Waals surface area contributed by atoms with Gasteiger partial charge in [0, 0.05) is 11.7 Å². The van der Waals surface area contributed by atoms with Crippen molar-refractivity contribution in [2.75, 3.05) is 11.9 Å². The van der Waals surface area contributed by atoms with Gasteiger partial charge in [-0.15, -0.1) is 0 Å².